The summed E-state index contributed by atoms with van der Waals surface area (Å²) in [5.74, 6) is 0. The summed E-state index contributed by atoms with van der Waals surface area (Å²) in [5, 5.41) is 11.3. The molecule has 2 heterocycles. The van der Waals surface area contributed by atoms with E-state index in [0.29, 0.717) is 0 Å². The zero-order valence-electron chi connectivity index (χ0n) is 38.8. The smallest absolute Gasteiger partial charge is 0.0581 e. The second-order valence-corrected chi connectivity index (χ2v) is 19.7. The van der Waals surface area contributed by atoms with Crippen LogP contribution in [-0.4, -0.2) is 0 Å². The number of anilines is 5. The topological polar surface area (TPSA) is 15.3 Å². The van der Waals surface area contributed by atoms with Gasteiger partial charge in [-0.3, -0.25) is 0 Å². The first kappa shape index (κ1) is 40.1. The molecule has 68 heavy (non-hydrogen) atoms. The first-order valence-corrected chi connectivity index (χ1v) is 23.9. The first-order valence-electron chi connectivity index (χ1n) is 23.9. The minimum atomic E-state index is -0.245. The molecule has 0 bridgehead atoms. The Labute approximate surface area is 398 Å². The van der Waals surface area contributed by atoms with E-state index in [1.54, 1.807) is 0 Å². The Morgan fingerprint density at radius 1 is 0.353 bits per heavy atom. The van der Waals surface area contributed by atoms with Crippen molar-refractivity contribution in [1.82, 2.24) is 0 Å². The monoisotopic (exact) mass is 870 g/mol. The molecule has 0 atom stereocenters. The zero-order chi connectivity index (χ0) is 45.7. The average molecular weight is 871 g/mol. The van der Waals surface area contributed by atoms with Gasteiger partial charge in [0.15, 0.2) is 0 Å². The molecule has 11 aromatic rings. The third-order valence-corrected chi connectivity index (χ3v) is 15.2. The van der Waals surface area contributed by atoms with Crippen LogP contribution in [0.1, 0.15) is 49.9 Å². The third-order valence-electron chi connectivity index (χ3n) is 15.2. The van der Waals surface area contributed by atoms with E-state index in [0.717, 1.165) is 11.4 Å². The van der Waals surface area contributed by atoms with E-state index in [1.165, 1.54) is 116 Å². The molecule has 0 aliphatic carbocycles. The lowest BCUT2D eigenvalue weighted by Gasteiger charge is -2.43. The van der Waals surface area contributed by atoms with Crippen molar-refractivity contribution in [3.05, 3.63) is 247 Å². The maximum absolute atomic E-state index is 3.96. The molecule has 0 spiro atoms. The highest BCUT2D eigenvalue weighted by Gasteiger charge is 2.39. The Morgan fingerprint density at radius 2 is 0.897 bits per heavy atom. The van der Waals surface area contributed by atoms with Crippen molar-refractivity contribution >= 4 is 60.8 Å². The third kappa shape index (κ3) is 5.97. The van der Waals surface area contributed by atoms with Crippen LogP contribution in [0.5, 0.6) is 0 Å². The summed E-state index contributed by atoms with van der Waals surface area (Å²) in [7, 11) is 0. The number of rotatable bonds is 5. The number of nitrogens with one attached hydrogen (secondary N) is 1. The Kier molecular flexibility index (Phi) is 8.95. The van der Waals surface area contributed by atoms with Crippen molar-refractivity contribution in [1.29, 1.82) is 0 Å². The fourth-order valence-electron chi connectivity index (χ4n) is 11.9. The molecular formula is C66H50N2. The summed E-state index contributed by atoms with van der Waals surface area (Å²) in [5.41, 5.74) is 20.4. The molecule has 0 fully saturated rings. The van der Waals surface area contributed by atoms with Crippen molar-refractivity contribution in [2.24, 2.45) is 0 Å². The van der Waals surface area contributed by atoms with E-state index >= 15 is 0 Å². The van der Waals surface area contributed by atoms with Gasteiger partial charge in [-0.2, -0.15) is 0 Å². The molecule has 0 aromatic heterocycles. The molecule has 0 saturated heterocycles. The van der Waals surface area contributed by atoms with Crippen molar-refractivity contribution in [2.75, 3.05) is 10.2 Å². The molecule has 0 saturated carbocycles. The maximum atomic E-state index is 3.96. The maximum Gasteiger partial charge on any atom is 0.0581 e. The molecular weight excluding hydrogens is 821 g/mol. The van der Waals surface area contributed by atoms with Crippen LogP contribution >= 0.6 is 0 Å². The minimum Gasteiger partial charge on any atom is -0.355 e. The summed E-state index contributed by atoms with van der Waals surface area (Å²) < 4.78 is 0. The van der Waals surface area contributed by atoms with Crippen LogP contribution in [0.2, 0.25) is 0 Å². The van der Waals surface area contributed by atoms with Crippen molar-refractivity contribution in [3.8, 4) is 44.5 Å². The zero-order valence-corrected chi connectivity index (χ0v) is 38.8. The van der Waals surface area contributed by atoms with Crippen LogP contribution in [0.25, 0.3) is 76.8 Å². The van der Waals surface area contributed by atoms with Gasteiger partial charge in [-0.1, -0.05) is 210 Å². The predicted octanol–water partition coefficient (Wildman–Crippen LogP) is 18.3. The minimum absolute atomic E-state index is 0.191. The normalized spacial score (nSPS) is 14.2. The van der Waals surface area contributed by atoms with Gasteiger partial charge >= 0.3 is 0 Å². The van der Waals surface area contributed by atoms with Crippen LogP contribution in [0.3, 0.4) is 0 Å². The summed E-state index contributed by atoms with van der Waals surface area (Å²) in [4.78, 5) is 2.51. The Balaban J connectivity index is 1.16. The van der Waals surface area contributed by atoms with Gasteiger partial charge < -0.3 is 10.2 Å². The highest BCUT2D eigenvalue weighted by atomic mass is 15.2. The molecule has 2 aliphatic heterocycles. The van der Waals surface area contributed by atoms with Crippen LogP contribution < -0.4 is 10.2 Å². The van der Waals surface area contributed by atoms with E-state index in [9.17, 15) is 0 Å². The number of fused-ring (bicyclic) bond motifs is 7. The summed E-state index contributed by atoms with van der Waals surface area (Å²) >= 11 is 0. The van der Waals surface area contributed by atoms with Crippen molar-refractivity contribution < 1.29 is 0 Å². The summed E-state index contributed by atoms with van der Waals surface area (Å²) in [6.07, 6.45) is 0. The lowest BCUT2D eigenvalue weighted by atomic mass is 9.72. The SMILES string of the molecule is CC1(C)c2ccccc2Nc2c(-c3cccc4c(-c5cc(-c6ccccc6)cc6ccccc56)c5cccc(-c6cccc7c6N(c6ccccc6)c6ccccc6C7(C)C)c5cc34)cccc21. The fraction of sp³-hybridized carbons (Fsp3) is 0.0909. The second kappa shape index (κ2) is 15.2. The van der Waals surface area contributed by atoms with E-state index in [2.05, 4.69) is 262 Å². The number of hydrogen-bond donors (Lipinski definition) is 1. The van der Waals surface area contributed by atoms with Gasteiger partial charge in [-0.25, -0.2) is 0 Å². The quantitative estimate of drug-likeness (QED) is 0.173. The predicted molar refractivity (Wildman–Crippen MR) is 289 cm³/mol. The fourth-order valence-corrected chi connectivity index (χ4v) is 11.9. The Bertz CT molecular complexity index is 3820. The molecule has 324 valence electrons. The van der Waals surface area contributed by atoms with Crippen molar-refractivity contribution in [3.63, 3.8) is 0 Å². The summed E-state index contributed by atoms with van der Waals surface area (Å²) in [6.45, 7) is 9.49. The largest absolute Gasteiger partial charge is 0.355 e. The van der Waals surface area contributed by atoms with Crippen LogP contribution in [0.4, 0.5) is 28.4 Å². The van der Waals surface area contributed by atoms with E-state index in [-0.39, 0.29) is 10.8 Å². The van der Waals surface area contributed by atoms with Gasteiger partial charge in [0.1, 0.15) is 0 Å². The lowest BCUT2D eigenvalue weighted by Crippen LogP contribution is -2.31. The summed E-state index contributed by atoms with van der Waals surface area (Å²) in [6, 6.07) is 83.6. The molecule has 11 aromatic carbocycles. The Morgan fingerprint density at radius 3 is 1.66 bits per heavy atom. The first-order chi connectivity index (χ1) is 33.3. The molecule has 13 rings (SSSR count). The van der Waals surface area contributed by atoms with Crippen LogP contribution in [0, 0.1) is 0 Å². The molecule has 2 aliphatic rings. The second-order valence-electron chi connectivity index (χ2n) is 19.7. The van der Waals surface area contributed by atoms with Gasteiger partial charge in [0.05, 0.1) is 17.1 Å². The average Bonchev–Trinajstić information content (AvgIpc) is 3.38. The number of benzene rings is 11. The van der Waals surface area contributed by atoms with Gasteiger partial charge in [0.2, 0.25) is 0 Å². The lowest BCUT2D eigenvalue weighted by molar-refractivity contribution is 0.632. The van der Waals surface area contributed by atoms with E-state index in [1.807, 2.05) is 0 Å². The van der Waals surface area contributed by atoms with Crippen molar-refractivity contribution in [2.45, 2.75) is 38.5 Å². The van der Waals surface area contributed by atoms with Gasteiger partial charge in [0.25, 0.3) is 0 Å². The molecule has 2 nitrogen and oxygen atoms in total. The standard InChI is InChI=1S/C66H50N2/c1-65(2)56-33-13-15-37-60(56)67-63-51(31-19-35-58(63)65)47-27-17-29-49-53(47)41-54-48(28-18-30-50(54)62(49)55-40-44(42-21-7-5-8-22-42)39-43-23-11-12-26-46(43)55)52-32-20-36-59-64(52)68(45-24-9-6-10-25-45)61-38-16-14-34-57(61)66(59,3)4/h5-41,67H,1-4H3. The van der Waals surface area contributed by atoms with E-state index < -0.39 is 0 Å². The van der Waals surface area contributed by atoms with Gasteiger partial charge in [-0.15, -0.1) is 0 Å². The highest BCUT2D eigenvalue weighted by Crippen LogP contribution is 2.57. The van der Waals surface area contributed by atoms with Crippen LogP contribution in [0.15, 0.2) is 224 Å². The molecule has 0 amide bonds. The van der Waals surface area contributed by atoms with Gasteiger partial charge in [-0.05, 0) is 130 Å². The molecule has 2 heteroatoms. The van der Waals surface area contributed by atoms with Gasteiger partial charge in [0, 0.05) is 33.3 Å². The Hall–Kier alpha value is -8.20. The molecule has 0 radical (unpaired) electrons. The number of nitrogens with zero attached hydrogens (tertiary/aromatic N) is 1. The van der Waals surface area contributed by atoms with E-state index in [4.69, 9.17) is 0 Å². The highest BCUT2D eigenvalue weighted by molar-refractivity contribution is 6.23. The molecule has 1 N–H and O–H groups in total. The molecule has 0 unspecified atom stereocenters. The van der Waals surface area contributed by atoms with Crippen LogP contribution in [-0.2, 0) is 10.8 Å². The number of para-hydroxylation sites is 5. The number of hydrogen-bond acceptors (Lipinski definition) is 2.